The maximum atomic E-state index is 13.5. The minimum Gasteiger partial charge on any atom is -0.477 e. The van der Waals surface area contributed by atoms with Crippen molar-refractivity contribution in [3.8, 4) is 0 Å². The zero-order valence-electron chi connectivity index (χ0n) is 10.3. The number of aromatic carboxylic acids is 1. The van der Waals surface area contributed by atoms with Gasteiger partial charge in [-0.2, -0.15) is 0 Å². The molecule has 5 nitrogen and oxygen atoms in total. The minimum atomic E-state index is -4.16. The molecule has 0 radical (unpaired) electrons. The van der Waals surface area contributed by atoms with Gasteiger partial charge in [0.1, 0.15) is 15.6 Å². The Hall–Kier alpha value is -1.93. The van der Waals surface area contributed by atoms with Gasteiger partial charge in [-0.15, -0.1) is 11.3 Å². The van der Waals surface area contributed by atoms with Gasteiger partial charge in [-0.3, -0.25) is 4.72 Å². The van der Waals surface area contributed by atoms with E-state index in [1.54, 1.807) is 0 Å². The molecule has 8 heteroatoms. The van der Waals surface area contributed by atoms with E-state index in [4.69, 9.17) is 5.11 Å². The van der Waals surface area contributed by atoms with E-state index >= 15 is 0 Å². The summed E-state index contributed by atoms with van der Waals surface area (Å²) in [4.78, 5) is 10.4. The number of thiophene rings is 1. The summed E-state index contributed by atoms with van der Waals surface area (Å²) < 4.78 is 40.0. The average molecular weight is 315 g/mol. The summed E-state index contributed by atoms with van der Waals surface area (Å²) in [7, 11) is -4.16. The highest BCUT2D eigenvalue weighted by Gasteiger charge is 2.27. The first-order chi connectivity index (χ1) is 9.33. The number of hydrogen-bond donors (Lipinski definition) is 2. The van der Waals surface area contributed by atoms with Gasteiger partial charge in [0, 0.05) is 0 Å². The predicted molar refractivity (Wildman–Crippen MR) is 73.2 cm³/mol. The van der Waals surface area contributed by atoms with Gasteiger partial charge in [0.15, 0.2) is 0 Å². The third-order valence-corrected chi connectivity index (χ3v) is 5.27. The molecule has 1 heterocycles. The lowest BCUT2D eigenvalue weighted by Gasteiger charge is -2.09. The molecule has 0 spiro atoms. The van der Waals surface area contributed by atoms with Crippen LogP contribution in [0.4, 0.5) is 10.1 Å². The van der Waals surface area contributed by atoms with Gasteiger partial charge in [-0.25, -0.2) is 17.6 Å². The third-order valence-electron chi connectivity index (χ3n) is 2.50. The number of aryl methyl sites for hydroxylation is 1. The first kappa shape index (κ1) is 14.5. The molecule has 2 aromatic rings. The van der Waals surface area contributed by atoms with Crippen LogP contribution in [-0.2, 0) is 10.0 Å². The zero-order chi connectivity index (χ0) is 14.9. The lowest BCUT2D eigenvalue weighted by atomic mass is 10.3. The van der Waals surface area contributed by atoms with Crippen LogP contribution in [0.15, 0.2) is 34.5 Å². The number of para-hydroxylation sites is 1. The van der Waals surface area contributed by atoms with Crippen molar-refractivity contribution in [3.63, 3.8) is 0 Å². The Morgan fingerprint density at radius 3 is 2.60 bits per heavy atom. The van der Waals surface area contributed by atoms with E-state index in [0.29, 0.717) is 5.56 Å². The molecule has 20 heavy (non-hydrogen) atoms. The molecule has 0 bridgehead atoms. The maximum Gasteiger partial charge on any atom is 0.347 e. The van der Waals surface area contributed by atoms with Gasteiger partial charge in [-0.05, 0) is 30.0 Å². The van der Waals surface area contributed by atoms with Crippen molar-refractivity contribution in [1.82, 2.24) is 0 Å². The van der Waals surface area contributed by atoms with Crippen LogP contribution in [0.1, 0.15) is 15.2 Å². The second-order valence-corrected chi connectivity index (χ2v) is 6.47. The summed E-state index contributed by atoms with van der Waals surface area (Å²) in [6.45, 7) is 1.48. The third kappa shape index (κ3) is 2.66. The monoisotopic (exact) mass is 315 g/mol. The van der Waals surface area contributed by atoms with Crippen LogP contribution < -0.4 is 4.72 Å². The number of benzene rings is 1. The highest BCUT2D eigenvalue weighted by atomic mass is 32.2. The minimum absolute atomic E-state index is 0.227. The predicted octanol–water partition coefficient (Wildman–Crippen LogP) is 2.69. The first-order valence-electron chi connectivity index (χ1n) is 5.41. The topological polar surface area (TPSA) is 83.5 Å². The van der Waals surface area contributed by atoms with E-state index < -0.39 is 21.8 Å². The van der Waals surface area contributed by atoms with E-state index in [2.05, 4.69) is 4.72 Å². The fourth-order valence-electron chi connectivity index (χ4n) is 1.65. The number of carbonyl (C=O) groups is 1. The molecular weight excluding hydrogens is 305 g/mol. The van der Waals surface area contributed by atoms with Crippen LogP contribution >= 0.6 is 11.3 Å². The smallest absolute Gasteiger partial charge is 0.347 e. The molecule has 1 aromatic carbocycles. The number of halogens is 1. The van der Waals surface area contributed by atoms with Crippen molar-refractivity contribution in [2.45, 2.75) is 11.8 Å². The van der Waals surface area contributed by atoms with Crippen molar-refractivity contribution < 1.29 is 22.7 Å². The van der Waals surface area contributed by atoms with Gasteiger partial charge < -0.3 is 5.11 Å². The average Bonchev–Trinajstić information content (AvgIpc) is 2.75. The summed E-state index contributed by atoms with van der Waals surface area (Å²) in [6.07, 6.45) is 0. The maximum absolute atomic E-state index is 13.5. The lowest BCUT2D eigenvalue weighted by molar-refractivity contribution is 0.0698. The second kappa shape index (κ2) is 5.22. The molecule has 0 fully saturated rings. The van der Waals surface area contributed by atoms with Crippen LogP contribution in [0.3, 0.4) is 0 Å². The van der Waals surface area contributed by atoms with E-state index in [0.717, 1.165) is 17.4 Å². The molecule has 0 aliphatic carbocycles. The Balaban J connectivity index is 2.49. The van der Waals surface area contributed by atoms with Crippen LogP contribution in [0.2, 0.25) is 0 Å². The van der Waals surface area contributed by atoms with E-state index in [9.17, 15) is 17.6 Å². The second-order valence-electron chi connectivity index (χ2n) is 3.97. The fraction of sp³-hybridized carbons (Fsp3) is 0.0833. The van der Waals surface area contributed by atoms with E-state index in [1.165, 1.54) is 30.5 Å². The number of anilines is 1. The van der Waals surface area contributed by atoms with E-state index in [1.807, 2.05) is 0 Å². The normalized spacial score (nSPS) is 11.3. The SMILES string of the molecule is Cc1csc(C(=O)O)c1S(=O)(=O)Nc1ccccc1F. The Morgan fingerprint density at radius 2 is 2.00 bits per heavy atom. The van der Waals surface area contributed by atoms with E-state index in [-0.39, 0.29) is 15.5 Å². The van der Waals surface area contributed by atoms with Crippen molar-refractivity contribution >= 4 is 33.0 Å². The summed E-state index contributed by atoms with van der Waals surface area (Å²) in [5.74, 6) is -2.07. The molecule has 0 aliphatic heterocycles. The molecule has 0 saturated heterocycles. The van der Waals surface area contributed by atoms with Gasteiger partial charge in [0.2, 0.25) is 0 Å². The van der Waals surface area contributed by atoms with Gasteiger partial charge in [0.05, 0.1) is 5.69 Å². The number of carboxylic acids is 1. The molecule has 0 unspecified atom stereocenters. The van der Waals surface area contributed by atoms with Crippen molar-refractivity contribution in [1.29, 1.82) is 0 Å². The van der Waals surface area contributed by atoms with Gasteiger partial charge >= 0.3 is 5.97 Å². The largest absolute Gasteiger partial charge is 0.477 e. The highest BCUT2D eigenvalue weighted by Crippen LogP contribution is 2.29. The Morgan fingerprint density at radius 1 is 1.35 bits per heavy atom. The van der Waals surface area contributed by atoms with Crippen molar-refractivity contribution in [2.75, 3.05) is 4.72 Å². The molecule has 2 rings (SSSR count). The van der Waals surface area contributed by atoms with Crippen LogP contribution in [-0.4, -0.2) is 19.5 Å². The van der Waals surface area contributed by atoms with Crippen LogP contribution in [0.25, 0.3) is 0 Å². The lowest BCUT2D eigenvalue weighted by Crippen LogP contribution is -2.17. The number of rotatable bonds is 4. The van der Waals surface area contributed by atoms with Gasteiger partial charge in [0.25, 0.3) is 10.0 Å². The summed E-state index contributed by atoms with van der Waals surface area (Å²) in [5.41, 5.74) is 0.0747. The fourth-order valence-corrected chi connectivity index (χ4v) is 4.36. The summed E-state index contributed by atoms with van der Waals surface area (Å²) in [6, 6.07) is 5.26. The van der Waals surface area contributed by atoms with Crippen molar-refractivity contribution in [2.24, 2.45) is 0 Å². The summed E-state index contributed by atoms with van der Waals surface area (Å²) >= 11 is 0.813. The number of sulfonamides is 1. The first-order valence-corrected chi connectivity index (χ1v) is 7.78. The molecule has 0 aliphatic rings. The molecule has 0 amide bonds. The Labute approximate surface area is 118 Å². The number of hydrogen-bond acceptors (Lipinski definition) is 4. The van der Waals surface area contributed by atoms with Crippen LogP contribution in [0.5, 0.6) is 0 Å². The molecule has 106 valence electrons. The van der Waals surface area contributed by atoms with Crippen molar-refractivity contribution in [3.05, 3.63) is 45.9 Å². The molecule has 0 saturated carbocycles. The summed E-state index contributed by atoms with van der Waals surface area (Å²) in [5, 5.41) is 10.4. The zero-order valence-corrected chi connectivity index (χ0v) is 11.9. The molecule has 0 atom stereocenters. The number of carboxylic acid groups (broad SMARTS) is 1. The molecule has 2 N–H and O–H groups in total. The Kier molecular flexibility index (Phi) is 3.78. The quantitative estimate of drug-likeness (QED) is 0.908. The van der Waals surface area contributed by atoms with Gasteiger partial charge in [-0.1, -0.05) is 12.1 Å². The molecular formula is C12H10FNO4S2. The number of nitrogens with one attached hydrogen (secondary N) is 1. The Bertz CT molecular complexity index is 768. The van der Waals surface area contributed by atoms with Crippen LogP contribution in [0, 0.1) is 12.7 Å². The standard InChI is InChI=1S/C12H10FNO4S2/c1-7-6-19-10(12(15)16)11(7)20(17,18)14-9-5-3-2-4-8(9)13/h2-6,14H,1H3,(H,15,16). The molecule has 1 aromatic heterocycles. The highest BCUT2D eigenvalue weighted by molar-refractivity contribution is 7.93.